The van der Waals surface area contributed by atoms with Gasteiger partial charge in [0.15, 0.2) is 0 Å². The van der Waals surface area contributed by atoms with Crippen molar-refractivity contribution in [3.63, 3.8) is 0 Å². The van der Waals surface area contributed by atoms with E-state index in [9.17, 15) is 0 Å². The molecule has 0 aromatic rings. The number of nitrogens with two attached hydrogens (primary N) is 4. The lowest BCUT2D eigenvalue weighted by Crippen LogP contribution is -2.46. The number of rotatable bonds is 4. The Morgan fingerprint density at radius 3 is 2.22 bits per heavy atom. The van der Waals surface area contributed by atoms with E-state index < -0.39 is 0 Å². The molecule has 0 saturated heterocycles. The molecule has 0 radical (unpaired) electrons. The SMILES string of the molecule is NCCC(N)CN(N)N. The van der Waals surface area contributed by atoms with E-state index >= 15 is 0 Å². The van der Waals surface area contributed by atoms with E-state index in [1.54, 1.807) is 0 Å². The summed E-state index contributed by atoms with van der Waals surface area (Å²) in [5.41, 5.74) is 10.7. The molecular weight excluding hydrogens is 118 g/mol. The van der Waals surface area contributed by atoms with E-state index in [0.29, 0.717) is 13.1 Å². The smallest absolute Gasteiger partial charge is 0.0435 e. The zero-order valence-corrected chi connectivity index (χ0v) is 5.46. The van der Waals surface area contributed by atoms with Gasteiger partial charge >= 0.3 is 0 Å². The number of hydrogen-bond donors (Lipinski definition) is 4. The molecule has 0 aliphatic heterocycles. The molecule has 0 rings (SSSR count). The fourth-order valence-electron chi connectivity index (χ4n) is 0.576. The quantitative estimate of drug-likeness (QED) is 0.255. The second-order valence-electron chi connectivity index (χ2n) is 2.03. The van der Waals surface area contributed by atoms with Crippen molar-refractivity contribution in [3.8, 4) is 0 Å². The van der Waals surface area contributed by atoms with Crippen LogP contribution < -0.4 is 23.2 Å². The van der Waals surface area contributed by atoms with Crippen molar-refractivity contribution in [1.82, 2.24) is 5.12 Å². The fourth-order valence-corrected chi connectivity index (χ4v) is 0.576. The van der Waals surface area contributed by atoms with Crippen LogP contribution in [0.2, 0.25) is 0 Å². The summed E-state index contributed by atoms with van der Waals surface area (Å²) in [4.78, 5) is 0. The van der Waals surface area contributed by atoms with Crippen LogP contribution in [0.3, 0.4) is 0 Å². The van der Waals surface area contributed by atoms with Crippen LogP contribution in [0.15, 0.2) is 0 Å². The Morgan fingerprint density at radius 2 is 1.89 bits per heavy atom. The molecule has 5 heteroatoms. The van der Waals surface area contributed by atoms with Gasteiger partial charge in [-0.1, -0.05) is 0 Å². The van der Waals surface area contributed by atoms with Crippen LogP contribution >= 0.6 is 0 Å². The second kappa shape index (κ2) is 4.66. The van der Waals surface area contributed by atoms with Crippen molar-refractivity contribution in [2.24, 2.45) is 23.2 Å². The summed E-state index contributed by atoms with van der Waals surface area (Å²) in [6.07, 6.45) is 0.755. The third-order valence-corrected chi connectivity index (χ3v) is 0.983. The van der Waals surface area contributed by atoms with Crippen molar-refractivity contribution >= 4 is 0 Å². The summed E-state index contributed by atoms with van der Waals surface area (Å²) in [5.74, 6) is 10.2. The maximum Gasteiger partial charge on any atom is 0.0435 e. The molecule has 56 valence electrons. The van der Waals surface area contributed by atoms with Gasteiger partial charge in [0.2, 0.25) is 0 Å². The highest BCUT2D eigenvalue weighted by Gasteiger charge is 2.01. The summed E-state index contributed by atoms with van der Waals surface area (Å²) in [7, 11) is 0. The predicted molar refractivity (Wildman–Crippen MR) is 36.7 cm³/mol. The normalized spacial score (nSPS) is 14.3. The Bertz CT molecular complexity index is 64.0. The summed E-state index contributed by atoms with van der Waals surface area (Å²) in [6.45, 7) is 1.06. The monoisotopic (exact) mass is 133 g/mol. The molecule has 0 aromatic carbocycles. The molecule has 0 saturated carbocycles. The number of hydrogen-bond acceptors (Lipinski definition) is 5. The molecular formula is C4H15N5. The summed E-state index contributed by atoms with van der Waals surface area (Å²) in [6, 6.07) is -0.00926. The lowest BCUT2D eigenvalue weighted by molar-refractivity contribution is 0.269. The molecule has 0 amide bonds. The van der Waals surface area contributed by atoms with E-state index in [0.717, 1.165) is 11.5 Å². The Balaban J connectivity index is 3.15. The molecule has 0 aromatic heterocycles. The third kappa shape index (κ3) is 5.67. The molecule has 5 nitrogen and oxygen atoms in total. The highest BCUT2D eigenvalue weighted by molar-refractivity contribution is 4.62. The van der Waals surface area contributed by atoms with Gasteiger partial charge in [-0.15, -0.1) is 0 Å². The van der Waals surface area contributed by atoms with E-state index in [4.69, 9.17) is 23.2 Å². The Morgan fingerprint density at radius 1 is 1.33 bits per heavy atom. The summed E-state index contributed by atoms with van der Waals surface area (Å²) < 4.78 is 0. The highest BCUT2D eigenvalue weighted by atomic mass is 15.6. The van der Waals surface area contributed by atoms with Crippen LogP contribution in [0.25, 0.3) is 0 Å². The largest absolute Gasteiger partial charge is 0.330 e. The highest BCUT2D eigenvalue weighted by Crippen LogP contribution is 1.83. The fraction of sp³-hybridized carbons (Fsp3) is 1.00. The number of nitrogens with zero attached hydrogens (tertiary/aromatic N) is 1. The minimum atomic E-state index is -0.00926. The van der Waals surface area contributed by atoms with Crippen molar-refractivity contribution < 1.29 is 0 Å². The second-order valence-corrected chi connectivity index (χ2v) is 2.03. The maximum atomic E-state index is 5.50. The first-order valence-corrected chi connectivity index (χ1v) is 2.89. The van der Waals surface area contributed by atoms with Crippen LogP contribution in [-0.2, 0) is 0 Å². The molecule has 0 aliphatic carbocycles. The molecule has 9 heavy (non-hydrogen) atoms. The molecule has 0 heterocycles. The van der Waals surface area contributed by atoms with Gasteiger partial charge in [-0.3, -0.25) is 11.7 Å². The van der Waals surface area contributed by atoms with Gasteiger partial charge in [0.25, 0.3) is 0 Å². The Kier molecular flexibility index (Phi) is 4.55. The van der Waals surface area contributed by atoms with E-state index in [1.807, 2.05) is 0 Å². The van der Waals surface area contributed by atoms with Gasteiger partial charge in [0, 0.05) is 12.6 Å². The maximum absolute atomic E-state index is 5.50. The van der Waals surface area contributed by atoms with Crippen LogP contribution in [0.5, 0.6) is 0 Å². The van der Waals surface area contributed by atoms with Gasteiger partial charge in [0.05, 0.1) is 0 Å². The molecule has 0 spiro atoms. The Hall–Kier alpha value is -0.200. The minimum absolute atomic E-state index is 0.00926. The average molecular weight is 133 g/mol. The third-order valence-electron chi connectivity index (χ3n) is 0.983. The zero-order valence-electron chi connectivity index (χ0n) is 5.46. The van der Waals surface area contributed by atoms with Gasteiger partial charge in [0.1, 0.15) is 0 Å². The topological polar surface area (TPSA) is 107 Å². The first-order chi connectivity index (χ1) is 4.16. The molecule has 0 fully saturated rings. The minimum Gasteiger partial charge on any atom is -0.330 e. The van der Waals surface area contributed by atoms with Crippen molar-refractivity contribution in [1.29, 1.82) is 0 Å². The molecule has 1 atom stereocenters. The number of hydrazine groups is 2. The first-order valence-electron chi connectivity index (χ1n) is 2.89. The van der Waals surface area contributed by atoms with Crippen LogP contribution in [-0.4, -0.2) is 24.2 Å². The molecule has 1 unspecified atom stereocenters. The standard InChI is InChI=1S/C4H15N5/c5-2-1-4(6)3-9(7)8/h4H,1-3,5-8H2. The van der Waals surface area contributed by atoms with Crippen molar-refractivity contribution in [2.45, 2.75) is 12.5 Å². The molecule has 8 N–H and O–H groups in total. The first kappa shape index (κ1) is 8.80. The molecule has 0 bridgehead atoms. The van der Waals surface area contributed by atoms with Crippen LogP contribution in [0, 0.1) is 0 Å². The zero-order chi connectivity index (χ0) is 7.28. The molecule has 0 aliphatic rings. The van der Waals surface area contributed by atoms with Crippen LogP contribution in [0.1, 0.15) is 6.42 Å². The van der Waals surface area contributed by atoms with E-state index in [2.05, 4.69) is 0 Å². The summed E-state index contributed by atoms with van der Waals surface area (Å²) >= 11 is 0. The van der Waals surface area contributed by atoms with E-state index in [-0.39, 0.29) is 6.04 Å². The van der Waals surface area contributed by atoms with Gasteiger partial charge in [-0.25, -0.2) is 0 Å². The van der Waals surface area contributed by atoms with Crippen LogP contribution in [0.4, 0.5) is 0 Å². The Labute approximate surface area is 54.9 Å². The van der Waals surface area contributed by atoms with Crippen molar-refractivity contribution in [2.75, 3.05) is 13.1 Å². The van der Waals surface area contributed by atoms with Gasteiger partial charge < -0.3 is 11.5 Å². The average Bonchev–Trinajstić information content (AvgIpc) is 1.63. The lowest BCUT2D eigenvalue weighted by Gasteiger charge is -2.14. The van der Waals surface area contributed by atoms with Gasteiger partial charge in [-0.2, -0.15) is 5.12 Å². The summed E-state index contributed by atoms with van der Waals surface area (Å²) in [5, 5.41) is 1.07. The predicted octanol–water partition coefficient (Wildman–Crippen LogP) is -2.29. The van der Waals surface area contributed by atoms with E-state index in [1.165, 1.54) is 0 Å². The lowest BCUT2D eigenvalue weighted by atomic mass is 10.2. The van der Waals surface area contributed by atoms with Gasteiger partial charge in [-0.05, 0) is 13.0 Å². The van der Waals surface area contributed by atoms with Crippen molar-refractivity contribution in [3.05, 3.63) is 0 Å².